The Balaban J connectivity index is 2.41. The molecule has 0 amide bonds. The molecule has 1 aromatic carbocycles. The minimum absolute atomic E-state index is 0.110. The highest BCUT2D eigenvalue weighted by molar-refractivity contribution is 5.98. The Hall–Kier alpha value is -2.88. The summed E-state index contributed by atoms with van der Waals surface area (Å²) in [7, 11) is 1.29. The Bertz CT molecular complexity index is 809. The molecule has 1 aromatic heterocycles. The number of hydrogen-bond acceptors (Lipinski definition) is 5. The van der Waals surface area contributed by atoms with Crippen molar-refractivity contribution < 1.29 is 19.1 Å². The quantitative estimate of drug-likeness (QED) is 0.643. The van der Waals surface area contributed by atoms with Crippen molar-refractivity contribution in [3.63, 3.8) is 0 Å². The van der Waals surface area contributed by atoms with Gasteiger partial charge in [-0.05, 0) is 44.1 Å². The fourth-order valence-electron chi connectivity index (χ4n) is 2.11. The number of ether oxygens (including phenoxy) is 2. The van der Waals surface area contributed by atoms with Crippen LogP contribution in [0.1, 0.15) is 31.1 Å². The van der Waals surface area contributed by atoms with Crippen molar-refractivity contribution in [2.45, 2.75) is 32.9 Å². The van der Waals surface area contributed by atoms with Crippen LogP contribution in [0.3, 0.4) is 0 Å². The van der Waals surface area contributed by atoms with E-state index >= 15 is 0 Å². The van der Waals surface area contributed by atoms with E-state index in [1.807, 2.05) is 0 Å². The zero-order valence-corrected chi connectivity index (χ0v) is 13.4. The maximum Gasteiger partial charge on any atom is 0.337 e. The first-order valence-electron chi connectivity index (χ1n) is 6.93. The molecule has 23 heavy (non-hydrogen) atoms. The van der Waals surface area contributed by atoms with Gasteiger partial charge in [-0.15, -0.1) is 0 Å². The van der Waals surface area contributed by atoms with Gasteiger partial charge in [0.05, 0.1) is 18.2 Å². The molecule has 0 bridgehead atoms. The SMILES string of the molecule is [C-]#[N+]c1nn(CC(=O)OC(C)(C)C)c2ccc(C(=O)OC)cc12. The minimum atomic E-state index is -0.597. The second-order valence-corrected chi connectivity index (χ2v) is 5.90. The van der Waals surface area contributed by atoms with Gasteiger partial charge in [0.1, 0.15) is 5.60 Å². The number of aromatic nitrogens is 2. The third kappa shape index (κ3) is 3.66. The van der Waals surface area contributed by atoms with Crippen LogP contribution in [0.25, 0.3) is 15.7 Å². The summed E-state index contributed by atoms with van der Waals surface area (Å²) in [5, 5.41) is 4.61. The third-order valence-corrected chi connectivity index (χ3v) is 2.96. The lowest BCUT2D eigenvalue weighted by Gasteiger charge is -2.19. The molecule has 2 rings (SSSR count). The first kappa shape index (κ1) is 16.5. The van der Waals surface area contributed by atoms with Crippen LogP contribution in [0.2, 0.25) is 0 Å². The van der Waals surface area contributed by atoms with Crippen LogP contribution in [-0.2, 0) is 20.8 Å². The van der Waals surface area contributed by atoms with E-state index < -0.39 is 17.5 Å². The number of fused-ring (bicyclic) bond motifs is 1. The van der Waals surface area contributed by atoms with Crippen molar-refractivity contribution in [3.05, 3.63) is 35.2 Å². The monoisotopic (exact) mass is 315 g/mol. The molecule has 0 radical (unpaired) electrons. The highest BCUT2D eigenvalue weighted by atomic mass is 16.6. The number of hydrogen-bond donors (Lipinski definition) is 0. The lowest BCUT2D eigenvalue weighted by atomic mass is 10.1. The van der Waals surface area contributed by atoms with Crippen molar-refractivity contribution in [1.82, 2.24) is 9.78 Å². The van der Waals surface area contributed by atoms with Crippen LogP contribution in [0, 0.1) is 6.57 Å². The van der Waals surface area contributed by atoms with Gasteiger partial charge >= 0.3 is 17.8 Å². The van der Waals surface area contributed by atoms with E-state index in [1.165, 1.54) is 17.9 Å². The molecule has 7 nitrogen and oxygen atoms in total. The van der Waals surface area contributed by atoms with Gasteiger partial charge in [0, 0.05) is 5.39 Å². The van der Waals surface area contributed by atoms with Crippen molar-refractivity contribution in [2.24, 2.45) is 0 Å². The van der Waals surface area contributed by atoms with E-state index in [0.29, 0.717) is 16.5 Å². The van der Waals surface area contributed by atoms with Gasteiger partial charge in [-0.25, -0.2) is 9.59 Å². The van der Waals surface area contributed by atoms with Crippen LogP contribution >= 0.6 is 0 Å². The number of methoxy groups -OCH3 is 1. The van der Waals surface area contributed by atoms with Crippen molar-refractivity contribution in [1.29, 1.82) is 0 Å². The van der Waals surface area contributed by atoms with E-state index in [0.717, 1.165) is 0 Å². The minimum Gasteiger partial charge on any atom is -0.465 e. The molecule has 0 saturated heterocycles. The number of rotatable bonds is 3. The van der Waals surface area contributed by atoms with E-state index in [2.05, 4.69) is 14.7 Å². The molecule has 0 aliphatic carbocycles. The maximum absolute atomic E-state index is 12.0. The molecule has 0 saturated carbocycles. The topological polar surface area (TPSA) is 74.8 Å². The Morgan fingerprint density at radius 3 is 2.61 bits per heavy atom. The summed E-state index contributed by atoms with van der Waals surface area (Å²) in [5.41, 5.74) is 0.303. The van der Waals surface area contributed by atoms with Gasteiger partial charge in [-0.3, -0.25) is 0 Å². The molecule has 0 aliphatic heterocycles. The largest absolute Gasteiger partial charge is 0.465 e. The van der Waals surface area contributed by atoms with Crippen LogP contribution in [0.4, 0.5) is 5.82 Å². The second kappa shape index (κ2) is 6.08. The first-order valence-corrected chi connectivity index (χ1v) is 6.93. The van der Waals surface area contributed by atoms with Gasteiger partial charge in [0.25, 0.3) is 0 Å². The van der Waals surface area contributed by atoms with Crippen molar-refractivity contribution in [3.8, 4) is 0 Å². The molecule has 0 unspecified atom stereocenters. The predicted octanol–water partition coefficient (Wildman–Crippen LogP) is 2.72. The van der Waals surface area contributed by atoms with Crippen LogP contribution in [-0.4, -0.2) is 34.4 Å². The smallest absolute Gasteiger partial charge is 0.337 e. The molecule has 0 aliphatic rings. The Kier molecular flexibility index (Phi) is 4.36. The standard InChI is InChI=1S/C16H17N3O4/c1-16(2,3)23-13(20)9-19-12-7-6-10(15(21)22-5)8-11(12)14(17-4)18-19/h6-8H,9H2,1-3,5H3. The van der Waals surface area contributed by atoms with E-state index in [-0.39, 0.29) is 12.4 Å². The number of benzene rings is 1. The second-order valence-electron chi connectivity index (χ2n) is 5.90. The van der Waals surface area contributed by atoms with Gasteiger partial charge in [0.15, 0.2) is 6.54 Å². The van der Waals surface area contributed by atoms with E-state index in [9.17, 15) is 9.59 Å². The lowest BCUT2D eigenvalue weighted by molar-refractivity contribution is -0.155. The molecule has 120 valence electrons. The van der Waals surface area contributed by atoms with Gasteiger partial charge < -0.3 is 14.3 Å². The molecule has 7 heteroatoms. The summed E-state index contributed by atoms with van der Waals surface area (Å²) in [6.45, 7) is 12.4. The first-order chi connectivity index (χ1) is 10.7. The molecule has 0 atom stereocenters. The normalized spacial score (nSPS) is 11.1. The Labute approximate surface area is 133 Å². The molecule has 2 aromatic rings. The molecular weight excluding hydrogens is 298 g/mol. The summed E-state index contributed by atoms with van der Waals surface area (Å²) in [6.07, 6.45) is 0. The number of carbonyl (C=O) groups is 2. The van der Waals surface area contributed by atoms with Gasteiger partial charge in [-0.1, -0.05) is 6.57 Å². The van der Waals surface area contributed by atoms with Gasteiger partial charge in [-0.2, -0.15) is 4.68 Å². The van der Waals surface area contributed by atoms with Crippen LogP contribution < -0.4 is 0 Å². The molecule has 0 spiro atoms. The maximum atomic E-state index is 12.0. The summed E-state index contributed by atoms with van der Waals surface area (Å²) in [4.78, 5) is 26.9. The average Bonchev–Trinajstić information content (AvgIpc) is 2.81. The highest BCUT2D eigenvalue weighted by Gasteiger charge is 2.21. The summed E-state index contributed by atoms with van der Waals surface area (Å²) >= 11 is 0. The average molecular weight is 315 g/mol. The van der Waals surface area contributed by atoms with E-state index in [1.54, 1.807) is 32.9 Å². The van der Waals surface area contributed by atoms with Crippen LogP contribution in [0.5, 0.6) is 0 Å². The van der Waals surface area contributed by atoms with Crippen LogP contribution in [0.15, 0.2) is 18.2 Å². The predicted molar refractivity (Wildman–Crippen MR) is 83.2 cm³/mol. The Morgan fingerprint density at radius 1 is 1.35 bits per heavy atom. The van der Waals surface area contributed by atoms with Crippen molar-refractivity contribution in [2.75, 3.05) is 7.11 Å². The summed E-state index contributed by atoms with van der Waals surface area (Å²) in [6, 6.07) is 4.73. The summed E-state index contributed by atoms with van der Waals surface area (Å²) in [5.74, 6) is -0.826. The fourth-order valence-corrected chi connectivity index (χ4v) is 2.11. The lowest BCUT2D eigenvalue weighted by Crippen LogP contribution is -2.26. The third-order valence-electron chi connectivity index (χ3n) is 2.96. The van der Waals surface area contributed by atoms with Gasteiger partial charge in [0.2, 0.25) is 0 Å². The zero-order chi connectivity index (χ0) is 17.2. The highest BCUT2D eigenvalue weighted by Crippen LogP contribution is 2.27. The number of esters is 2. The number of carbonyl (C=O) groups excluding carboxylic acids is 2. The molecule has 1 heterocycles. The Morgan fingerprint density at radius 2 is 2.04 bits per heavy atom. The summed E-state index contributed by atoms with van der Waals surface area (Å²) < 4.78 is 11.3. The van der Waals surface area contributed by atoms with E-state index in [4.69, 9.17) is 11.3 Å². The molecule has 0 fully saturated rings. The van der Waals surface area contributed by atoms with Crippen molar-refractivity contribution >= 4 is 28.7 Å². The zero-order valence-electron chi connectivity index (χ0n) is 13.4. The fraction of sp³-hybridized carbons (Fsp3) is 0.375. The molecule has 0 N–H and O–H groups in total. The molecular formula is C16H17N3O4. The number of nitrogens with zero attached hydrogens (tertiary/aromatic N) is 3.